The van der Waals surface area contributed by atoms with Crippen LogP contribution in [0, 0.1) is 5.92 Å². The molecule has 0 radical (unpaired) electrons. The Kier molecular flexibility index (Phi) is 7.18. The SMILES string of the molecule is CC(C)CN(c1ccc(C(F)(F)F)cc1)c1nc(N)nc(OCc2ccccc2C(F)(F)F)n1. The molecule has 0 aliphatic heterocycles. The summed E-state index contributed by atoms with van der Waals surface area (Å²) >= 11 is 0. The van der Waals surface area contributed by atoms with Crippen molar-refractivity contribution in [3.63, 3.8) is 0 Å². The van der Waals surface area contributed by atoms with Crippen LogP contribution in [-0.4, -0.2) is 21.5 Å². The normalized spacial score (nSPS) is 12.1. The summed E-state index contributed by atoms with van der Waals surface area (Å²) in [5.74, 6) is -0.229. The van der Waals surface area contributed by atoms with Crippen molar-refractivity contribution < 1.29 is 31.1 Å². The van der Waals surface area contributed by atoms with E-state index >= 15 is 0 Å². The molecule has 0 fully saturated rings. The van der Waals surface area contributed by atoms with Crippen molar-refractivity contribution in [2.24, 2.45) is 5.92 Å². The molecule has 1 aromatic heterocycles. The van der Waals surface area contributed by atoms with Crippen molar-refractivity contribution in [3.05, 3.63) is 65.2 Å². The smallest absolute Gasteiger partial charge is 0.416 e. The molecule has 2 aromatic carbocycles. The van der Waals surface area contributed by atoms with Crippen LogP contribution in [0.15, 0.2) is 48.5 Å². The lowest BCUT2D eigenvalue weighted by Crippen LogP contribution is -2.25. The summed E-state index contributed by atoms with van der Waals surface area (Å²) in [5.41, 5.74) is 4.32. The molecule has 12 heteroatoms. The number of ether oxygens (including phenoxy) is 1. The van der Waals surface area contributed by atoms with Crippen LogP contribution in [0.4, 0.5) is 43.9 Å². The molecule has 3 aromatic rings. The second-order valence-corrected chi connectivity index (χ2v) is 7.77. The lowest BCUT2D eigenvalue weighted by atomic mass is 10.1. The monoisotopic (exact) mass is 485 g/mol. The second kappa shape index (κ2) is 9.74. The molecule has 0 aliphatic carbocycles. The maximum atomic E-state index is 13.2. The van der Waals surface area contributed by atoms with Crippen LogP contribution in [0.3, 0.4) is 0 Å². The first-order valence-electron chi connectivity index (χ1n) is 10.1. The highest BCUT2D eigenvalue weighted by molar-refractivity contribution is 5.58. The quantitative estimate of drug-likeness (QED) is 0.422. The number of nitrogens with two attached hydrogens (primary N) is 1. The lowest BCUT2D eigenvalue weighted by molar-refractivity contribution is -0.139. The van der Waals surface area contributed by atoms with Gasteiger partial charge in [-0.25, -0.2) is 0 Å². The third kappa shape index (κ3) is 6.27. The molecule has 6 nitrogen and oxygen atoms in total. The van der Waals surface area contributed by atoms with Crippen molar-refractivity contribution in [1.82, 2.24) is 15.0 Å². The Bertz CT molecular complexity index is 1120. The van der Waals surface area contributed by atoms with E-state index in [1.54, 1.807) is 0 Å². The van der Waals surface area contributed by atoms with E-state index in [0.29, 0.717) is 12.2 Å². The number of hydrogen-bond donors (Lipinski definition) is 1. The number of halogens is 6. The number of anilines is 3. The summed E-state index contributed by atoms with van der Waals surface area (Å²) in [6.45, 7) is 3.59. The molecule has 0 saturated heterocycles. The lowest BCUT2D eigenvalue weighted by Gasteiger charge is -2.25. The van der Waals surface area contributed by atoms with Gasteiger partial charge in [0.25, 0.3) is 0 Å². The molecule has 0 bridgehead atoms. The number of nitrogen functional groups attached to an aromatic ring is 1. The Morgan fingerprint density at radius 2 is 1.53 bits per heavy atom. The number of nitrogens with zero attached hydrogens (tertiary/aromatic N) is 4. The first kappa shape index (κ1) is 25.1. The number of rotatable bonds is 7. The van der Waals surface area contributed by atoms with Gasteiger partial charge >= 0.3 is 18.4 Å². The van der Waals surface area contributed by atoms with Crippen LogP contribution < -0.4 is 15.4 Å². The molecular weight excluding hydrogens is 464 g/mol. The summed E-state index contributed by atoms with van der Waals surface area (Å²) in [6.07, 6.45) is -9.06. The van der Waals surface area contributed by atoms with Gasteiger partial charge in [0, 0.05) is 17.8 Å². The molecule has 182 valence electrons. The van der Waals surface area contributed by atoms with Crippen LogP contribution >= 0.6 is 0 Å². The fourth-order valence-corrected chi connectivity index (χ4v) is 3.11. The Balaban J connectivity index is 1.91. The zero-order valence-corrected chi connectivity index (χ0v) is 18.2. The van der Waals surface area contributed by atoms with Gasteiger partial charge in [-0.05, 0) is 36.2 Å². The van der Waals surface area contributed by atoms with E-state index in [1.165, 1.54) is 35.2 Å². The van der Waals surface area contributed by atoms with E-state index < -0.39 is 30.1 Å². The van der Waals surface area contributed by atoms with Gasteiger partial charge in [0.15, 0.2) is 0 Å². The van der Waals surface area contributed by atoms with Gasteiger partial charge in [-0.3, -0.25) is 0 Å². The van der Waals surface area contributed by atoms with Gasteiger partial charge in [0.2, 0.25) is 11.9 Å². The highest BCUT2D eigenvalue weighted by Gasteiger charge is 2.33. The van der Waals surface area contributed by atoms with Crippen LogP contribution in [0.5, 0.6) is 6.01 Å². The molecule has 2 N–H and O–H groups in total. The third-order valence-electron chi connectivity index (χ3n) is 4.60. The number of hydrogen-bond acceptors (Lipinski definition) is 6. The maximum absolute atomic E-state index is 13.2. The second-order valence-electron chi connectivity index (χ2n) is 7.77. The fourth-order valence-electron chi connectivity index (χ4n) is 3.11. The predicted molar refractivity (Wildman–Crippen MR) is 113 cm³/mol. The van der Waals surface area contributed by atoms with Crippen LogP contribution in [0.2, 0.25) is 0 Å². The molecule has 1 heterocycles. The Morgan fingerprint density at radius 3 is 2.12 bits per heavy atom. The van der Waals surface area contributed by atoms with Crippen LogP contribution in [-0.2, 0) is 19.0 Å². The van der Waals surface area contributed by atoms with Crippen LogP contribution in [0.1, 0.15) is 30.5 Å². The van der Waals surface area contributed by atoms with E-state index in [2.05, 4.69) is 15.0 Å². The molecule has 0 saturated carbocycles. The summed E-state index contributed by atoms with van der Waals surface area (Å²) in [5, 5.41) is 0. The highest BCUT2D eigenvalue weighted by atomic mass is 19.4. The third-order valence-corrected chi connectivity index (χ3v) is 4.60. The van der Waals surface area contributed by atoms with Crippen molar-refractivity contribution in [2.75, 3.05) is 17.2 Å². The van der Waals surface area contributed by atoms with Crippen molar-refractivity contribution in [2.45, 2.75) is 32.8 Å². The zero-order valence-electron chi connectivity index (χ0n) is 18.2. The minimum Gasteiger partial charge on any atom is -0.458 e. The van der Waals surface area contributed by atoms with Gasteiger partial charge in [0.05, 0.1) is 11.1 Å². The molecule has 3 rings (SSSR count). The van der Waals surface area contributed by atoms with E-state index in [-0.39, 0.29) is 29.4 Å². The summed E-state index contributed by atoms with van der Waals surface area (Å²) in [6, 6.07) is 8.98. The van der Waals surface area contributed by atoms with Crippen molar-refractivity contribution in [1.29, 1.82) is 0 Å². The molecule has 0 unspecified atom stereocenters. The summed E-state index contributed by atoms with van der Waals surface area (Å²) in [4.78, 5) is 13.5. The first-order valence-corrected chi connectivity index (χ1v) is 10.1. The van der Waals surface area contributed by atoms with Gasteiger partial charge < -0.3 is 15.4 Å². The topological polar surface area (TPSA) is 77.2 Å². The van der Waals surface area contributed by atoms with Gasteiger partial charge in [-0.15, -0.1) is 0 Å². The van der Waals surface area contributed by atoms with E-state index in [0.717, 1.165) is 18.2 Å². The first-order chi connectivity index (χ1) is 15.8. The standard InChI is InChI=1S/C22H21F6N5O/c1-13(2)11-33(16-9-7-15(8-10-16)21(23,24)25)19-30-18(29)31-20(32-19)34-12-14-5-3-4-6-17(14)22(26,27)28/h3-10,13H,11-12H2,1-2H3,(H2,29,30,31,32). The van der Waals surface area contributed by atoms with E-state index in [4.69, 9.17) is 10.5 Å². The summed E-state index contributed by atoms with van der Waals surface area (Å²) < 4.78 is 83.9. The number of alkyl halides is 6. The number of benzene rings is 2. The summed E-state index contributed by atoms with van der Waals surface area (Å²) in [7, 11) is 0. The molecule has 0 aliphatic rings. The Morgan fingerprint density at radius 1 is 0.882 bits per heavy atom. The van der Waals surface area contributed by atoms with Gasteiger partial charge in [-0.2, -0.15) is 41.3 Å². The average molecular weight is 485 g/mol. The van der Waals surface area contributed by atoms with Gasteiger partial charge in [-0.1, -0.05) is 32.0 Å². The Hall–Kier alpha value is -3.57. The van der Waals surface area contributed by atoms with Gasteiger partial charge in [0.1, 0.15) is 6.61 Å². The molecular formula is C22H21F6N5O. The fraction of sp³-hybridized carbons (Fsp3) is 0.318. The molecule has 0 spiro atoms. The molecule has 0 amide bonds. The van der Waals surface area contributed by atoms with Crippen molar-refractivity contribution >= 4 is 17.6 Å². The maximum Gasteiger partial charge on any atom is 0.416 e. The van der Waals surface area contributed by atoms with Crippen molar-refractivity contribution in [3.8, 4) is 6.01 Å². The Labute approximate surface area is 191 Å². The molecule has 0 atom stereocenters. The van der Waals surface area contributed by atoms with E-state index in [9.17, 15) is 26.3 Å². The minimum absolute atomic E-state index is 0.0138. The molecule has 34 heavy (non-hydrogen) atoms. The predicted octanol–water partition coefficient (Wildman–Crippen LogP) is 5.86. The number of aromatic nitrogens is 3. The largest absolute Gasteiger partial charge is 0.458 e. The van der Waals surface area contributed by atoms with Crippen LogP contribution in [0.25, 0.3) is 0 Å². The highest BCUT2D eigenvalue weighted by Crippen LogP contribution is 2.34. The zero-order chi connectivity index (χ0) is 25.1. The van der Waals surface area contributed by atoms with E-state index in [1.807, 2.05) is 13.8 Å². The average Bonchev–Trinajstić information content (AvgIpc) is 2.74. The minimum atomic E-state index is -4.57.